The van der Waals surface area contributed by atoms with Gasteiger partial charge in [-0.05, 0) is 31.4 Å². The van der Waals surface area contributed by atoms with Crippen LogP contribution in [-0.2, 0) is 4.79 Å². The molecule has 5 heteroatoms. The van der Waals surface area contributed by atoms with Crippen LogP contribution in [0.3, 0.4) is 0 Å². The number of thiazole rings is 1. The minimum absolute atomic E-state index is 0.208. The van der Waals surface area contributed by atoms with Gasteiger partial charge in [0, 0.05) is 6.04 Å². The SMILES string of the molecule is O=C(O)C1CCCC(Nc2nc3ccccc3s2)C1. The maximum Gasteiger partial charge on any atom is 0.306 e. The van der Waals surface area contributed by atoms with Gasteiger partial charge in [0.25, 0.3) is 0 Å². The Balaban J connectivity index is 1.72. The van der Waals surface area contributed by atoms with Crippen LogP contribution in [0, 0.1) is 5.92 Å². The van der Waals surface area contributed by atoms with Gasteiger partial charge in [0.2, 0.25) is 0 Å². The third-order valence-electron chi connectivity index (χ3n) is 3.64. The highest BCUT2D eigenvalue weighted by Crippen LogP contribution is 2.30. The first-order valence-corrected chi connectivity index (χ1v) is 7.39. The number of hydrogen-bond acceptors (Lipinski definition) is 4. The molecule has 0 aliphatic heterocycles. The Morgan fingerprint density at radius 2 is 2.21 bits per heavy atom. The van der Waals surface area contributed by atoms with Gasteiger partial charge in [-0.15, -0.1) is 0 Å². The fraction of sp³-hybridized carbons (Fsp3) is 0.429. The zero-order chi connectivity index (χ0) is 13.2. The van der Waals surface area contributed by atoms with E-state index in [2.05, 4.69) is 16.4 Å². The summed E-state index contributed by atoms with van der Waals surface area (Å²) < 4.78 is 1.16. The van der Waals surface area contributed by atoms with Crippen molar-refractivity contribution in [3.63, 3.8) is 0 Å². The number of anilines is 1. The smallest absolute Gasteiger partial charge is 0.306 e. The molecule has 0 spiro atoms. The molecule has 2 atom stereocenters. The summed E-state index contributed by atoms with van der Waals surface area (Å²) in [6, 6.07) is 8.27. The normalized spacial score (nSPS) is 23.4. The van der Waals surface area contributed by atoms with Crippen molar-refractivity contribution in [1.82, 2.24) is 4.98 Å². The average Bonchev–Trinajstić information content (AvgIpc) is 2.81. The van der Waals surface area contributed by atoms with Gasteiger partial charge in [0.05, 0.1) is 16.1 Å². The highest BCUT2D eigenvalue weighted by molar-refractivity contribution is 7.22. The summed E-state index contributed by atoms with van der Waals surface area (Å²) in [6.07, 6.45) is 3.50. The predicted octanol–water partition coefficient (Wildman–Crippen LogP) is 3.35. The second-order valence-electron chi connectivity index (χ2n) is 5.03. The molecule has 0 saturated heterocycles. The number of para-hydroxylation sites is 1. The molecule has 3 rings (SSSR count). The Bertz CT molecular complexity index is 563. The van der Waals surface area contributed by atoms with Crippen molar-refractivity contribution < 1.29 is 9.90 Å². The van der Waals surface area contributed by atoms with E-state index in [0.29, 0.717) is 6.42 Å². The Morgan fingerprint density at radius 3 is 3.00 bits per heavy atom. The molecule has 1 heterocycles. The second kappa shape index (κ2) is 5.17. The van der Waals surface area contributed by atoms with E-state index < -0.39 is 5.97 Å². The molecule has 2 N–H and O–H groups in total. The molecule has 0 amide bonds. The van der Waals surface area contributed by atoms with Crippen LogP contribution < -0.4 is 5.32 Å². The van der Waals surface area contributed by atoms with Gasteiger partial charge in [-0.2, -0.15) is 0 Å². The molecule has 4 nitrogen and oxygen atoms in total. The van der Waals surface area contributed by atoms with Gasteiger partial charge in [0.1, 0.15) is 0 Å². The summed E-state index contributed by atoms with van der Waals surface area (Å²) in [5.74, 6) is -0.878. The van der Waals surface area contributed by atoms with E-state index in [1.807, 2.05) is 18.2 Å². The Morgan fingerprint density at radius 1 is 1.37 bits per heavy atom. The first-order chi connectivity index (χ1) is 9.22. The average molecular weight is 276 g/mol. The van der Waals surface area contributed by atoms with Gasteiger partial charge in [-0.3, -0.25) is 4.79 Å². The van der Waals surface area contributed by atoms with Crippen molar-refractivity contribution in [2.45, 2.75) is 31.7 Å². The highest BCUT2D eigenvalue weighted by Gasteiger charge is 2.27. The van der Waals surface area contributed by atoms with Crippen LogP contribution in [0.15, 0.2) is 24.3 Å². The number of carboxylic acid groups (broad SMARTS) is 1. The van der Waals surface area contributed by atoms with Gasteiger partial charge in [-0.25, -0.2) is 4.98 Å². The van der Waals surface area contributed by atoms with Crippen molar-refractivity contribution in [2.75, 3.05) is 5.32 Å². The van der Waals surface area contributed by atoms with Crippen molar-refractivity contribution >= 4 is 32.7 Å². The summed E-state index contributed by atoms with van der Waals surface area (Å²) in [5, 5.41) is 13.4. The number of aliphatic carboxylic acids is 1. The van der Waals surface area contributed by atoms with Crippen molar-refractivity contribution in [3.8, 4) is 0 Å². The molecule has 1 saturated carbocycles. The summed E-state index contributed by atoms with van der Waals surface area (Å²) in [4.78, 5) is 15.6. The van der Waals surface area contributed by atoms with Crippen LogP contribution in [0.1, 0.15) is 25.7 Å². The van der Waals surface area contributed by atoms with Crippen molar-refractivity contribution in [2.24, 2.45) is 5.92 Å². The van der Waals surface area contributed by atoms with Crippen LogP contribution in [-0.4, -0.2) is 22.1 Å². The number of hydrogen-bond donors (Lipinski definition) is 2. The van der Waals surface area contributed by atoms with E-state index in [0.717, 1.165) is 34.6 Å². The minimum atomic E-state index is -0.671. The van der Waals surface area contributed by atoms with E-state index >= 15 is 0 Å². The molecule has 1 aromatic carbocycles. The quantitative estimate of drug-likeness (QED) is 0.902. The van der Waals surface area contributed by atoms with Crippen LogP contribution in [0.5, 0.6) is 0 Å². The fourth-order valence-electron chi connectivity index (χ4n) is 2.65. The van der Waals surface area contributed by atoms with Crippen molar-refractivity contribution in [3.05, 3.63) is 24.3 Å². The molecular weight excluding hydrogens is 260 g/mol. The first kappa shape index (κ1) is 12.4. The monoisotopic (exact) mass is 276 g/mol. The van der Waals surface area contributed by atoms with Crippen molar-refractivity contribution in [1.29, 1.82) is 0 Å². The number of nitrogens with one attached hydrogen (secondary N) is 1. The van der Waals surface area contributed by atoms with Crippen LogP contribution in [0.2, 0.25) is 0 Å². The topological polar surface area (TPSA) is 62.2 Å². The summed E-state index contributed by atoms with van der Waals surface area (Å²) >= 11 is 1.63. The van der Waals surface area contributed by atoms with Crippen LogP contribution >= 0.6 is 11.3 Å². The summed E-state index contributed by atoms with van der Waals surface area (Å²) in [6.45, 7) is 0. The third-order valence-corrected chi connectivity index (χ3v) is 4.61. The molecule has 1 fully saturated rings. The van der Waals surface area contributed by atoms with Gasteiger partial charge < -0.3 is 10.4 Å². The molecule has 1 aromatic heterocycles. The Labute approximate surface area is 115 Å². The van der Waals surface area contributed by atoms with Gasteiger partial charge in [-0.1, -0.05) is 29.9 Å². The largest absolute Gasteiger partial charge is 0.481 e. The standard InChI is InChI=1S/C14H16N2O2S/c17-13(18)9-4-3-5-10(8-9)15-14-16-11-6-1-2-7-12(11)19-14/h1-2,6-7,9-10H,3-5,8H2,(H,15,16)(H,17,18). The number of nitrogens with zero attached hydrogens (tertiary/aromatic N) is 1. The molecule has 1 aliphatic rings. The first-order valence-electron chi connectivity index (χ1n) is 6.57. The lowest BCUT2D eigenvalue weighted by molar-refractivity contribution is -0.142. The van der Waals surface area contributed by atoms with Gasteiger partial charge in [0.15, 0.2) is 5.13 Å². The number of rotatable bonds is 3. The predicted molar refractivity (Wildman–Crippen MR) is 76.6 cm³/mol. The van der Waals surface area contributed by atoms with Crippen LogP contribution in [0.4, 0.5) is 5.13 Å². The van der Waals surface area contributed by atoms with E-state index in [4.69, 9.17) is 5.11 Å². The molecule has 2 aromatic rings. The molecular formula is C14H16N2O2S. The lowest BCUT2D eigenvalue weighted by atomic mass is 9.86. The van der Waals surface area contributed by atoms with E-state index in [-0.39, 0.29) is 12.0 Å². The molecule has 0 bridgehead atoms. The van der Waals surface area contributed by atoms with Crippen LogP contribution in [0.25, 0.3) is 10.2 Å². The lowest BCUT2D eigenvalue weighted by Crippen LogP contribution is -2.30. The third kappa shape index (κ3) is 2.71. The number of fused-ring (bicyclic) bond motifs is 1. The molecule has 100 valence electrons. The minimum Gasteiger partial charge on any atom is -0.481 e. The number of carboxylic acids is 1. The molecule has 0 radical (unpaired) electrons. The Hall–Kier alpha value is -1.62. The van der Waals surface area contributed by atoms with Gasteiger partial charge >= 0.3 is 5.97 Å². The van der Waals surface area contributed by atoms with E-state index in [9.17, 15) is 4.79 Å². The molecule has 19 heavy (non-hydrogen) atoms. The van der Waals surface area contributed by atoms with E-state index in [1.54, 1.807) is 11.3 Å². The number of carbonyl (C=O) groups is 1. The second-order valence-corrected chi connectivity index (χ2v) is 6.06. The zero-order valence-corrected chi connectivity index (χ0v) is 11.3. The molecule has 2 unspecified atom stereocenters. The zero-order valence-electron chi connectivity index (χ0n) is 10.5. The summed E-state index contributed by atoms with van der Waals surface area (Å²) in [7, 11) is 0. The summed E-state index contributed by atoms with van der Waals surface area (Å²) in [5.41, 5.74) is 1.00. The fourth-order valence-corrected chi connectivity index (χ4v) is 3.60. The lowest BCUT2D eigenvalue weighted by Gasteiger charge is -2.27. The number of aromatic nitrogens is 1. The maximum absolute atomic E-state index is 11.1. The highest BCUT2D eigenvalue weighted by atomic mass is 32.1. The van der Waals surface area contributed by atoms with E-state index in [1.165, 1.54) is 0 Å². The maximum atomic E-state index is 11.1. The molecule has 1 aliphatic carbocycles. The Kier molecular flexibility index (Phi) is 3.38. The number of benzene rings is 1.